The normalized spacial score (nSPS) is 12.4. The zero-order valence-corrected chi connectivity index (χ0v) is 14.4. The molecule has 0 saturated carbocycles. The van der Waals surface area contributed by atoms with E-state index in [0.717, 1.165) is 35.9 Å². The number of rotatable bonds is 6. The van der Waals surface area contributed by atoms with Crippen LogP contribution in [0.2, 0.25) is 0 Å². The van der Waals surface area contributed by atoms with Gasteiger partial charge in [-0.1, -0.05) is 6.92 Å². The number of ether oxygens (including phenoxy) is 1. The number of aromatic nitrogens is 3. The summed E-state index contributed by atoms with van der Waals surface area (Å²) < 4.78 is 6.88. The Balaban J connectivity index is 2.15. The molecule has 2 heterocycles. The molecule has 25 heavy (non-hydrogen) atoms. The number of pyridine rings is 1. The summed E-state index contributed by atoms with van der Waals surface area (Å²) in [6.45, 7) is 7.18. The van der Waals surface area contributed by atoms with E-state index in [1.54, 1.807) is 24.5 Å². The van der Waals surface area contributed by atoms with Gasteiger partial charge in [-0.15, -0.1) is 0 Å². The first kappa shape index (κ1) is 16.9. The molecule has 2 N–H and O–H groups in total. The summed E-state index contributed by atoms with van der Waals surface area (Å²) in [7, 11) is 1.36. The van der Waals surface area contributed by atoms with Gasteiger partial charge in [0.25, 0.3) is 0 Å². The van der Waals surface area contributed by atoms with Crippen LogP contribution in [0, 0.1) is 5.92 Å². The Morgan fingerprint density at radius 1 is 1.48 bits per heavy atom. The Bertz CT molecular complexity index is 947. The van der Waals surface area contributed by atoms with Gasteiger partial charge in [-0.05, 0) is 37.3 Å². The lowest BCUT2D eigenvalue weighted by Gasteiger charge is -2.13. The van der Waals surface area contributed by atoms with E-state index in [1.807, 2.05) is 0 Å². The van der Waals surface area contributed by atoms with Crippen LogP contribution in [-0.2, 0) is 11.3 Å². The number of carbonyl (C=O) groups is 1. The van der Waals surface area contributed by atoms with Gasteiger partial charge >= 0.3 is 5.97 Å². The molecule has 0 spiro atoms. The number of anilines is 1. The fourth-order valence-corrected chi connectivity index (χ4v) is 2.98. The summed E-state index contributed by atoms with van der Waals surface area (Å²) in [5.74, 6) is 0.395. The van der Waals surface area contributed by atoms with Crippen molar-refractivity contribution < 1.29 is 9.53 Å². The third-order valence-corrected chi connectivity index (χ3v) is 4.28. The standard InChI is InChI=1S/C18H21N5O2/c1-11(6-7-20-2)9-23-10-21-15-16(23)13-8-12(18(24)25-3)4-5-14(13)22-17(15)19/h4-5,8,10-11H,2,6-7,9H2,1,3H3,(H2,19,22). The minimum absolute atomic E-state index is 0.382. The summed E-state index contributed by atoms with van der Waals surface area (Å²) in [5, 5.41) is 0.832. The smallest absolute Gasteiger partial charge is 0.337 e. The van der Waals surface area contributed by atoms with Gasteiger partial charge in [0.15, 0.2) is 5.82 Å². The van der Waals surface area contributed by atoms with Crippen molar-refractivity contribution in [3.63, 3.8) is 0 Å². The topological polar surface area (TPSA) is 95.4 Å². The van der Waals surface area contributed by atoms with Crippen molar-refractivity contribution in [2.75, 3.05) is 19.4 Å². The average Bonchev–Trinajstić information content (AvgIpc) is 3.03. The number of nitrogen functional groups attached to an aromatic ring is 1. The SMILES string of the molecule is C=NCCC(C)Cn1cnc2c(N)nc3ccc(C(=O)OC)cc3c21. The van der Waals surface area contributed by atoms with Crippen LogP contribution in [0.4, 0.5) is 5.82 Å². The fourth-order valence-electron chi connectivity index (χ4n) is 2.98. The first-order valence-corrected chi connectivity index (χ1v) is 8.10. The predicted molar refractivity (Wildman–Crippen MR) is 99.0 cm³/mol. The van der Waals surface area contributed by atoms with E-state index in [9.17, 15) is 4.79 Å². The van der Waals surface area contributed by atoms with Crippen LogP contribution in [0.25, 0.3) is 21.9 Å². The molecule has 7 heteroatoms. The lowest BCUT2D eigenvalue weighted by molar-refractivity contribution is 0.0601. The van der Waals surface area contributed by atoms with E-state index in [1.165, 1.54) is 7.11 Å². The van der Waals surface area contributed by atoms with Crippen molar-refractivity contribution in [3.05, 3.63) is 30.1 Å². The Morgan fingerprint density at radius 2 is 2.28 bits per heavy atom. The number of nitrogens with zero attached hydrogens (tertiary/aromatic N) is 4. The number of carbonyl (C=O) groups excluding carboxylic acids is 1. The lowest BCUT2D eigenvalue weighted by Crippen LogP contribution is -2.08. The molecule has 1 aromatic carbocycles. The Hall–Kier alpha value is -2.96. The molecule has 7 nitrogen and oxygen atoms in total. The van der Waals surface area contributed by atoms with Gasteiger partial charge in [-0.2, -0.15) is 0 Å². The van der Waals surface area contributed by atoms with E-state index < -0.39 is 0 Å². The van der Waals surface area contributed by atoms with E-state index >= 15 is 0 Å². The predicted octanol–water partition coefficient (Wildman–Crippen LogP) is 2.68. The molecule has 0 bridgehead atoms. The maximum absolute atomic E-state index is 11.9. The molecule has 1 atom stereocenters. The molecule has 3 aromatic rings. The molecule has 0 aliphatic carbocycles. The van der Waals surface area contributed by atoms with Crippen LogP contribution >= 0.6 is 0 Å². The highest BCUT2D eigenvalue weighted by Crippen LogP contribution is 2.29. The fraction of sp³-hybridized carbons (Fsp3) is 0.333. The Kier molecular flexibility index (Phi) is 4.65. The number of esters is 1. The first-order chi connectivity index (χ1) is 12.0. The average molecular weight is 339 g/mol. The van der Waals surface area contributed by atoms with Gasteiger partial charge in [0.2, 0.25) is 0 Å². The minimum atomic E-state index is -0.386. The Labute approximate surface area is 145 Å². The summed E-state index contributed by atoms with van der Waals surface area (Å²) in [5.41, 5.74) is 8.79. The molecular weight excluding hydrogens is 318 g/mol. The van der Waals surface area contributed by atoms with Crippen molar-refractivity contribution in [2.45, 2.75) is 19.9 Å². The maximum atomic E-state index is 11.9. The van der Waals surface area contributed by atoms with Crippen molar-refractivity contribution in [1.29, 1.82) is 0 Å². The second kappa shape index (κ2) is 6.88. The van der Waals surface area contributed by atoms with Gasteiger partial charge in [0.05, 0.1) is 30.0 Å². The van der Waals surface area contributed by atoms with Crippen molar-refractivity contribution in [3.8, 4) is 0 Å². The van der Waals surface area contributed by atoms with E-state index in [4.69, 9.17) is 10.5 Å². The second-order valence-electron chi connectivity index (χ2n) is 6.16. The molecule has 1 unspecified atom stereocenters. The van der Waals surface area contributed by atoms with Crippen molar-refractivity contribution in [1.82, 2.24) is 14.5 Å². The summed E-state index contributed by atoms with van der Waals surface area (Å²) >= 11 is 0. The van der Waals surface area contributed by atoms with Gasteiger partial charge in [-0.25, -0.2) is 14.8 Å². The number of aliphatic imine (C=N–C) groups is 1. The zero-order chi connectivity index (χ0) is 18.0. The number of imidazole rings is 1. The van der Waals surface area contributed by atoms with Gasteiger partial charge in [-0.3, -0.25) is 0 Å². The monoisotopic (exact) mass is 339 g/mol. The number of hydrogen-bond donors (Lipinski definition) is 1. The molecule has 0 aliphatic rings. The summed E-state index contributed by atoms with van der Waals surface area (Å²) in [6, 6.07) is 5.25. The molecule has 130 valence electrons. The summed E-state index contributed by atoms with van der Waals surface area (Å²) in [4.78, 5) is 24.6. The summed E-state index contributed by atoms with van der Waals surface area (Å²) in [6.07, 6.45) is 2.71. The molecule has 0 saturated heterocycles. The third kappa shape index (κ3) is 3.17. The Morgan fingerprint density at radius 3 is 3.00 bits per heavy atom. The highest BCUT2D eigenvalue weighted by atomic mass is 16.5. The maximum Gasteiger partial charge on any atom is 0.337 e. The largest absolute Gasteiger partial charge is 0.465 e. The van der Waals surface area contributed by atoms with Crippen molar-refractivity contribution >= 4 is 40.4 Å². The van der Waals surface area contributed by atoms with Gasteiger partial charge < -0.3 is 20.0 Å². The molecule has 2 aromatic heterocycles. The van der Waals surface area contributed by atoms with Gasteiger partial charge in [0.1, 0.15) is 5.52 Å². The van der Waals surface area contributed by atoms with Crippen LogP contribution in [0.1, 0.15) is 23.7 Å². The molecular formula is C18H21N5O2. The zero-order valence-electron chi connectivity index (χ0n) is 14.4. The second-order valence-corrected chi connectivity index (χ2v) is 6.16. The number of benzene rings is 1. The number of fused-ring (bicyclic) bond motifs is 3. The highest BCUT2D eigenvalue weighted by Gasteiger charge is 2.16. The van der Waals surface area contributed by atoms with E-state index in [-0.39, 0.29) is 5.97 Å². The molecule has 0 amide bonds. The third-order valence-electron chi connectivity index (χ3n) is 4.28. The molecule has 0 radical (unpaired) electrons. The lowest BCUT2D eigenvalue weighted by atomic mass is 10.1. The number of hydrogen-bond acceptors (Lipinski definition) is 6. The van der Waals surface area contributed by atoms with E-state index in [2.05, 4.69) is 33.2 Å². The van der Waals surface area contributed by atoms with Crippen LogP contribution in [0.15, 0.2) is 29.5 Å². The van der Waals surface area contributed by atoms with Crippen LogP contribution in [-0.4, -0.2) is 40.9 Å². The van der Waals surface area contributed by atoms with Gasteiger partial charge in [0, 0.05) is 18.5 Å². The first-order valence-electron chi connectivity index (χ1n) is 8.10. The molecule has 0 aliphatic heterocycles. The number of nitrogens with two attached hydrogens (primary N) is 1. The van der Waals surface area contributed by atoms with E-state index in [0.29, 0.717) is 22.8 Å². The van der Waals surface area contributed by atoms with Crippen LogP contribution in [0.5, 0.6) is 0 Å². The highest BCUT2D eigenvalue weighted by molar-refractivity contribution is 6.08. The van der Waals surface area contributed by atoms with Crippen LogP contribution in [0.3, 0.4) is 0 Å². The molecule has 0 fully saturated rings. The van der Waals surface area contributed by atoms with Crippen molar-refractivity contribution in [2.24, 2.45) is 10.9 Å². The minimum Gasteiger partial charge on any atom is -0.465 e. The van der Waals surface area contributed by atoms with Crippen LogP contribution < -0.4 is 5.73 Å². The number of methoxy groups -OCH3 is 1. The molecule has 3 rings (SSSR count). The quantitative estimate of drug-likeness (QED) is 0.550.